The number of hydrogen-bond acceptors (Lipinski definition) is 3. The summed E-state index contributed by atoms with van der Waals surface area (Å²) in [6, 6.07) is 8.19. The van der Waals surface area contributed by atoms with Gasteiger partial charge in [-0.05, 0) is 56.8 Å². The van der Waals surface area contributed by atoms with Gasteiger partial charge in [-0.3, -0.25) is 4.90 Å². The topological polar surface area (TPSA) is 53.6 Å². The van der Waals surface area contributed by atoms with Crippen molar-refractivity contribution in [1.29, 1.82) is 0 Å². The minimum atomic E-state index is -0.0953. The van der Waals surface area contributed by atoms with Gasteiger partial charge in [-0.15, -0.1) is 0 Å². The highest BCUT2D eigenvalue weighted by Crippen LogP contribution is 2.18. The molecule has 2 amide bonds. The number of nitrogens with zero attached hydrogens (tertiary/aromatic N) is 1. The summed E-state index contributed by atoms with van der Waals surface area (Å²) in [7, 11) is 1.67. The van der Waals surface area contributed by atoms with E-state index < -0.39 is 0 Å². The Morgan fingerprint density at radius 2 is 2.00 bits per heavy atom. The molecule has 0 aromatic heterocycles. The smallest absolute Gasteiger partial charge is 0.314 e. The third-order valence-electron chi connectivity index (χ3n) is 4.87. The van der Waals surface area contributed by atoms with Crippen molar-refractivity contribution >= 4 is 6.03 Å². The van der Waals surface area contributed by atoms with Crippen LogP contribution in [0.2, 0.25) is 0 Å². The van der Waals surface area contributed by atoms with Gasteiger partial charge < -0.3 is 15.4 Å². The molecule has 24 heavy (non-hydrogen) atoms. The monoisotopic (exact) mass is 333 g/mol. The van der Waals surface area contributed by atoms with E-state index in [4.69, 9.17) is 4.74 Å². The maximum atomic E-state index is 12.0. The zero-order valence-electron chi connectivity index (χ0n) is 15.2. The molecular formula is C19H31N3O2. The highest BCUT2D eigenvalue weighted by Gasteiger charge is 2.20. The molecule has 0 saturated carbocycles. The van der Waals surface area contributed by atoms with Crippen LogP contribution in [0.25, 0.3) is 0 Å². The molecule has 5 nitrogen and oxygen atoms in total. The number of para-hydroxylation sites is 1. The van der Waals surface area contributed by atoms with Crippen molar-refractivity contribution in [3.05, 3.63) is 29.8 Å². The quantitative estimate of drug-likeness (QED) is 0.806. The highest BCUT2D eigenvalue weighted by molar-refractivity contribution is 5.73. The molecule has 1 aliphatic heterocycles. The minimum Gasteiger partial charge on any atom is -0.496 e. The lowest BCUT2D eigenvalue weighted by atomic mass is 9.98. The van der Waals surface area contributed by atoms with Gasteiger partial charge in [0.25, 0.3) is 0 Å². The van der Waals surface area contributed by atoms with Crippen LogP contribution in [-0.4, -0.2) is 50.3 Å². The van der Waals surface area contributed by atoms with Crippen molar-refractivity contribution in [1.82, 2.24) is 15.5 Å². The second-order valence-corrected chi connectivity index (χ2v) is 6.77. The number of piperidine rings is 1. The van der Waals surface area contributed by atoms with E-state index in [-0.39, 0.29) is 6.03 Å². The fraction of sp³-hybridized carbons (Fsp3) is 0.632. The number of carbonyl (C=O) groups excluding carboxylic acids is 1. The Morgan fingerprint density at radius 1 is 1.29 bits per heavy atom. The van der Waals surface area contributed by atoms with Crippen molar-refractivity contribution in [3.8, 4) is 5.75 Å². The maximum absolute atomic E-state index is 12.0. The van der Waals surface area contributed by atoms with Crippen LogP contribution in [0.15, 0.2) is 24.3 Å². The van der Waals surface area contributed by atoms with E-state index in [1.807, 2.05) is 24.3 Å². The summed E-state index contributed by atoms with van der Waals surface area (Å²) in [6.45, 7) is 8.07. The number of hydrogen-bond donors (Lipinski definition) is 2. The van der Waals surface area contributed by atoms with Gasteiger partial charge in [0.05, 0.1) is 7.11 Å². The van der Waals surface area contributed by atoms with E-state index in [1.54, 1.807) is 7.11 Å². The molecule has 1 aromatic carbocycles. The zero-order valence-corrected chi connectivity index (χ0v) is 15.2. The normalized spacial score (nSPS) is 17.3. The Hall–Kier alpha value is -1.75. The molecule has 1 aliphatic rings. The van der Waals surface area contributed by atoms with E-state index in [9.17, 15) is 4.79 Å². The first kappa shape index (κ1) is 18.6. The third kappa shape index (κ3) is 5.71. The molecule has 0 aliphatic carbocycles. The van der Waals surface area contributed by atoms with Gasteiger partial charge in [0.2, 0.25) is 0 Å². The van der Waals surface area contributed by atoms with Crippen molar-refractivity contribution in [2.45, 2.75) is 39.2 Å². The molecule has 134 valence electrons. The number of carbonyl (C=O) groups is 1. The summed E-state index contributed by atoms with van der Waals surface area (Å²) in [5.74, 6) is 1.70. The molecule has 1 aromatic rings. The predicted molar refractivity (Wildman–Crippen MR) is 97.5 cm³/mol. The van der Waals surface area contributed by atoms with E-state index in [1.165, 1.54) is 12.8 Å². The van der Waals surface area contributed by atoms with E-state index in [2.05, 4.69) is 29.4 Å². The predicted octanol–water partition coefficient (Wildman–Crippen LogP) is 2.66. The lowest BCUT2D eigenvalue weighted by molar-refractivity contribution is 0.145. The lowest BCUT2D eigenvalue weighted by Crippen LogP contribution is -2.47. The molecule has 0 spiro atoms. The summed E-state index contributed by atoms with van der Waals surface area (Å²) < 4.78 is 5.32. The van der Waals surface area contributed by atoms with Crippen LogP contribution in [0.5, 0.6) is 5.75 Å². The zero-order chi connectivity index (χ0) is 17.4. The number of ether oxygens (including phenoxy) is 1. The minimum absolute atomic E-state index is 0.0953. The van der Waals surface area contributed by atoms with E-state index in [0.717, 1.165) is 36.7 Å². The highest BCUT2D eigenvalue weighted by atomic mass is 16.5. The van der Waals surface area contributed by atoms with Gasteiger partial charge in [0.15, 0.2) is 0 Å². The van der Waals surface area contributed by atoms with Crippen molar-refractivity contribution < 1.29 is 9.53 Å². The molecule has 1 unspecified atom stereocenters. The molecule has 1 saturated heterocycles. The van der Waals surface area contributed by atoms with Crippen LogP contribution in [-0.2, 0) is 6.42 Å². The summed E-state index contributed by atoms with van der Waals surface area (Å²) in [4.78, 5) is 14.4. The van der Waals surface area contributed by atoms with Gasteiger partial charge >= 0.3 is 6.03 Å². The van der Waals surface area contributed by atoms with Crippen LogP contribution in [0.1, 0.15) is 32.3 Å². The number of urea groups is 1. The fourth-order valence-corrected chi connectivity index (χ4v) is 3.12. The first-order chi connectivity index (χ1) is 11.6. The third-order valence-corrected chi connectivity index (χ3v) is 4.87. The van der Waals surface area contributed by atoms with E-state index in [0.29, 0.717) is 19.1 Å². The van der Waals surface area contributed by atoms with Crippen LogP contribution >= 0.6 is 0 Å². The fourth-order valence-electron chi connectivity index (χ4n) is 3.12. The van der Waals surface area contributed by atoms with Crippen LogP contribution in [0.4, 0.5) is 4.79 Å². The largest absolute Gasteiger partial charge is 0.496 e. The molecule has 0 bridgehead atoms. The van der Waals surface area contributed by atoms with Crippen LogP contribution in [0, 0.1) is 5.92 Å². The molecular weight excluding hydrogens is 302 g/mol. The summed E-state index contributed by atoms with van der Waals surface area (Å²) >= 11 is 0. The average molecular weight is 333 g/mol. The number of benzene rings is 1. The molecule has 2 rings (SSSR count). The number of amides is 2. The standard InChI is InChI=1S/C19H31N3O2/c1-15-9-12-22(13-10-15)16(2)14-21-19(23)20-11-8-17-6-4-5-7-18(17)24-3/h4-7,15-16H,8-14H2,1-3H3,(H2,20,21,23). The second-order valence-electron chi connectivity index (χ2n) is 6.77. The molecule has 1 atom stereocenters. The van der Waals surface area contributed by atoms with Gasteiger partial charge in [0.1, 0.15) is 5.75 Å². The Morgan fingerprint density at radius 3 is 2.71 bits per heavy atom. The van der Waals surface area contributed by atoms with Gasteiger partial charge in [-0.25, -0.2) is 4.79 Å². The number of methoxy groups -OCH3 is 1. The Labute approximate surface area is 145 Å². The SMILES string of the molecule is COc1ccccc1CCNC(=O)NCC(C)N1CCC(C)CC1. The first-order valence-electron chi connectivity index (χ1n) is 8.97. The van der Waals surface area contributed by atoms with Crippen LogP contribution < -0.4 is 15.4 Å². The van der Waals surface area contributed by atoms with Crippen molar-refractivity contribution in [2.75, 3.05) is 33.3 Å². The summed E-state index contributed by atoms with van der Waals surface area (Å²) in [6.07, 6.45) is 3.28. The maximum Gasteiger partial charge on any atom is 0.314 e. The first-order valence-corrected chi connectivity index (χ1v) is 8.97. The average Bonchev–Trinajstić information content (AvgIpc) is 2.60. The number of nitrogens with one attached hydrogen (secondary N) is 2. The van der Waals surface area contributed by atoms with E-state index >= 15 is 0 Å². The van der Waals surface area contributed by atoms with Crippen molar-refractivity contribution in [2.24, 2.45) is 5.92 Å². The van der Waals surface area contributed by atoms with Gasteiger partial charge in [0, 0.05) is 19.1 Å². The van der Waals surface area contributed by atoms with Gasteiger partial charge in [-0.1, -0.05) is 25.1 Å². The Balaban J connectivity index is 1.64. The van der Waals surface area contributed by atoms with Crippen LogP contribution in [0.3, 0.4) is 0 Å². The Bertz CT molecular complexity index is 513. The van der Waals surface area contributed by atoms with Crippen molar-refractivity contribution in [3.63, 3.8) is 0 Å². The van der Waals surface area contributed by atoms with Gasteiger partial charge in [-0.2, -0.15) is 0 Å². The number of likely N-dealkylation sites (tertiary alicyclic amines) is 1. The summed E-state index contributed by atoms with van der Waals surface area (Å²) in [5.41, 5.74) is 1.11. The molecule has 1 heterocycles. The molecule has 5 heteroatoms. The molecule has 1 fully saturated rings. The Kier molecular flexibility index (Phi) is 7.37. The lowest BCUT2D eigenvalue weighted by Gasteiger charge is -2.34. The molecule has 2 N–H and O–H groups in total. The molecule has 0 radical (unpaired) electrons. The number of rotatable bonds is 7. The summed E-state index contributed by atoms with van der Waals surface area (Å²) in [5, 5.41) is 5.91. The second kappa shape index (κ2) is 9.52.